The highest BCUT2D eigenvalue weighted by atomic mass is 127. The van der Waals surface area contributed by atoms with Crippen molar-refractivity contribution in [1.29, 1.82) is 0 Å². The van der Waals surface area contributed by atoms with E-state index >= 15 is 0 Å². The first kappa shape index (κ1) is 23.3. The predicted molar refractivity (Wildman–Crippen MR) is 123 cm³/mol. The van der Waals surface area contributed by atoms with Crippen LogP contribution in [-0.2, 0) is 13.0 Å². The van der Waals surface area contributed by atoms with Crippen molar-refractivity contribution in [2.75, 3.05) is 39.2 Å². The molecule has 0 saturated carbocycles. The molecule has 0 saturated heterocycles. The number of nitrogens with one attached hydrogen (secondary N) is 2. The van der Waals surface area contributed by atoms with Gasteiger partial charge in [0.05, 0.1) is 19.3 Å². The summed E-state index contributed by atoms with van der Waals surface area (Å²) >= 11 is 1.61. The molecule has 2 rings (SSSR count). The van der Waals surface area contributed by atoms with E-state index < -0.39 is 0 Å². The van der Waals surface area contributed by atoms with Crippen molar-refractivity contribution in [2.45, 2.75) is 19.9 Å². The number of aromatic hydroxyl groups is 1. The van der Waals surface area contributed by atoms with E-state index in [0.29, 0.717) is 12.3 Å². The molecule has 0 aliphatic heterocycles. The van der Waals surface area contributed by atoms with E-state index in [9.17, 15) is 5.11 Å². The zero-order valence-electron chi connectivity index (χ0n) is 16.2. The number of halogens is 1. The van der Waals surface area contributed by atoms with Crippen LogP contribution < -0.4 is 20.3 Å². The normalized spacial score (nSPS) is 10.9. The Bertz CT molecular complexity index is 736. The maximum absolute atomic E-state index is 9.65. The van der Waals surface area contributed by atoms with Crippen molar-refractivity contribution in [3.8, 4) is 11.5 Å². The second kappa shape index (κ2) is 11.9. The van der Waals surface area contributed by atoms with Crippen LogP contribution in [0.15, 0.2) is 28.6 Å². The van der Waals surface area contributed by atoms with Crippen LogP contribution in [0.5, 0.6) is 11.5 Å². The number of methoxy groups -OCH3 is 1. The van der Waals surface area contributed by atoms with Gasteiger partial charge in [-0.25, -0.2) is 9.98 Å². The average Bonchev–Trinajstić information content (AvgIpc) is 3.10. The fourth-order valence-electron chi connectivity index (χ4n) is 2.28. The zero-order chi connectivity index (χ0) is 18.9. The van der Waals surface area contributed by atoms with Gasteiger partial charge in [0, 0.05) is 32.6 Å². The lowest BCUT2D eigenvalue weighted by molar-refractivity contribution is 0.373. The number of aliphatic imine (C=N–C) groups is 1. The lowest BCUT2D eigenvalue weighted by Crippen LogP contribution is -2.38. The molecule has 150 valence electrons. The van der Waals surface area contributed by atoms with Crippen LogP contribution in [0.3, 0.4) is 0 Å². The molecular formula is C18H28IN5O2S. The van der Waals surface area contributed by atoms with Crippen molar-refractivity contribution in [2.24, 2.45) is 4.99 Å². The van der Waals surface area contributed by atoms with Crippen LogP contribution >= 0.6 is 35.3 Å². The fraction of sp³-hybridized carbons (Fsp3) is 0.444. The summed E-state index contributed by atoms with van der Waals surface area (Å²) in [5.41, 5.74) is 2.04. The highest BCUT2D eigenvalue weighted by Crippen LogP contribution is 2.26. The number of guanidine groups is 1. The van der Waals surface area contributed by atoms with E-state index in [0.717, 1.165) is 41.9 Å². The third-order valence-electron chi connectivity index (χ3n) is 3.62. The number of phenolic OH excluding ortho intramolecular Hbond substituents is 1. The highest BCUT2D eigenvalue weighted by Gasteiger charge is 2.05. The molecule has 3 N–H and O–H groups in total. The third-order valence-corrected chi connectivity index (χ3v) is 4.67. The summed E-state index contributed by atoms with van der Waals surface area (Å²) in [5, 5.41) is 19.2. The molecule has 0 unspecified atom stereocenters. The molecule has 7 nitrogen and oxygen atoms in total. The quantitative estimate of drug-likeness (QED) is 0.291. The summed E-state index contributed by atoms with van der Waals surface area (Å²) in [4.78, 5) is 11.1. The van der Waals surface area contributed by atoms with Crippen molar-refractivity contribution in [3.63, 3.8) is 0 Å². The van der Waals surface area contributed by atoms with Gasteiger partial charge < -0.3 is 25.4 Å². The molecule has 0 amide bonds. The van der Waals surface area contributed by atoms with Crippen LogP contribution in [-0.4, -0.2) is 50.3 Å². The first-order valence-corrected chi connectivity index (χ1v) is 9.41. The molecule has 9 heteroatoms. The number of rotatable bonds is 8. The third kappa shape index (κ3) is 7.41. The summed E-state index contributed by atoms with van der Waals surface area (Å²) in [6.45, 7) is 4.08. The van der Waals surface area contributed by atoms with Gasteiger partial charge in [0.1, 0.15) is 0 Å². The molecule has 0 aliphatic rings. The zero-order valence-corrected chi connectivity index (χ0v) is 19.3. The Morgan fingerprint density at radius 2 is 2.11 bits per heavy atom. The van der Waals surface area contributed by atoms with E-state index in [1.54, 1.807) is 24.5 Å². The highest BCUT2D eigenvalue weighted by molar-refractivity contribution is 14.0. The van der Waals surface area contributed by atoms with E-state index in [1.165, 1.54) is 0 Å². The molecule has 1 aromatic heterocycles. The van der Waals surface area contributed by atoms with Crippen molar-refractivity contribution in [3.05, 3.63) is 34.8 Å². The molecule has 0 aliphatic carbocycles. The maximum Gasteiger partial charge on any atom is 0.191 e. The number of hydrogen-bond donors (Lipinski definition) is 3. The average molecular weight is 505 g/mol. The second-order valence-corrected chi connectivity index (χ2v) is 6.73. The Morgan fingerprint density at radius 1 is 1.33 bits per heavy atom. The molecule has 0 fully saturated rings. The van der Waals surface area contributed by atoms with Gasteiger partial charge in [-0.1, -0.05) is 6.07 Å². The number of phenols is 1. The summed E-state index contributed by atoms with van der Waals surface area (Å²) in [6.07, 6.45) is 0.794. The van der Waals surface area contributed by atoms with Crippen molar-refractivity contribution < 1.29 is 9.84 Å². The van der Waals surface area contributed by atoms with Crippen molar-refractivity contribution >= 4 is 46.4 Å². The summed E-state index contributed by atoms with van der Waals surface area (Å²) < 4.78 is 5.14. The minimum absolute atomic E-state index is 0. The Kier molecular flexibility index (Phi) is 10.2. The number of anilines is 1. The minimum atomic E-state index is 0. The van der Waals surface area contributed by atoms with Crippen molar-refractivity contribution in [1.82, 2.24) is 15.6 Å². The molecule has 2 aromatic rings. The van der Waals surface area contributed by atoms with Crippen LogP contribution in [0.25, 0.3) is 0 Å². The lowest BCUT2D eigenvalue weighted by Gasteiger charge is -2.12. The van der Waals surface area contributed by atoms with E-state index in [1.807, 2.05) is 43.4 Å². The second-order valence-electron chi connectivity index (χ2n) is 5.89. The lowest BCUT2D eigenvalue weighted by atomic mass is 10.1. The molecule has 0 radical (unpaired) electrons. The van der Waals surface area contributed by atoms with Gasteiger partial charge in [-0.05, 0) is 31.0 Å². The first-order valence-electron chi connectivity index (χ1n) is 8.53. The van der Waals surface area contributed by atoms with Crippen LogP contribution in [0.2, 0.25) is 0 Å². The topological polar surface area (TPSA) is 82.0 Å². The molecular weight excluding hydrogens is 477 g/mol. The van der Waals surface area contributed by atoms with E-state index in [-0.39, 0.29) is 29.7 Å². The maximum atomic E-state index is 9.65. The molecule has 0 atom stereocenters. The number of hydrogen-bond acceptors (Lipinski definition) is 6. The number of benzene rings is 1. The van der Waals surface area contributed by atoms with Crippen LogP contribution in [0, 0.1) is 0 Å². The van der Waals surface area contributed by atoms with Crippen LogP contribution in [0.1, 0.15) is 18.2 Å². The standard InChI is InChI=1S/C18H27N5O2S.HI/c1-5-19-17(21-11-14-12-26-18(22-14)23(2)3)20-9-8-13-6-7-15(24)16(10-13)25-4;/h6-7,10,12,24H,5,8-9,11H2,1-4H3,(H2,19,20,21);1H. The van der Waals surface area contributed by atoms with Gasteiger partial charge in [-0.15, -0.1) is 35.3 Å². The largest absolute Gasteiger partial charge is 0.504 e. The molecule has 27 heavy (non-hydrogen) atoms. The van der Waals surface area contributed by atoms with E-state index in [2.05, 4.69) is 20.6 Å². The molecule has 1 aromatic carbocycles. The molecule has 1 heterocycles. The SMILES string of the molecule is CCNC(=NCc1csc(N(C)C)n1)NCCc1ccc(O)c(OC)c1.I. The number of thiazole rings is 1. The number of nitrogens with zero attached hydrogens (tertiary/aromatic N) is 3. The Morgan fingerprint density at radius 3 is 2.74 bits per heavy atom. The summed E-state index contributed by atoms with van der Waals surface area (Å²) in [7, 11) is 5.51. The molecule has 0 bridgehead atoms. The number of ether oxygens (including phenoxy) is 1. The monoisotopic (exact) mass is 505 g/mol. The van der Waals surface area contributed by atoms with Gasteiger partial charge in [0.25, 0.3) is 0 Å². The van der Waals surface area contributed by atoms with E-state index in [4.69, 9.17) is 4.74 Å². The first-order chi connectivity index (χ1) is 12.5. The predicted octanol–water partition coefficient (Wildman–Crippen LogP) is 2.84. The van der Waals surface area contributed by atoms with Gasteiger partial charge in [-0.3, -0.25) is 0 Å². The summed E-state index contributed by atoms with van der Waals surface area (Å²) in [5.74, 6) is 1.40. The number of aromatic nitrogens is 1. The van der Waals surface area contributed by atoms with Crippen LogP contribution in [0.4, 0.5) is 5.13 Å². The Hall–Kier alpha value is -1.75. The smallest absolute Gasteiger partial charge is 0.191 e. The van der Waals surface area contributed by atoms with Gasteiger partial charge in [0.2, 0.25) is 0 Å². The minimum Gasteiger partial charge on any atom is -0.504 e. The Labute approximate surface area is 181 Å². The van der Waals surface area contributed by atoms with Gasteiger partial charge in [0.15, 0.2) is 22.6 Å². The summed E-state index contributed by atoms with van der Waals surface area (Å²) in [6, 6.07) is 5.39. The fourth-order valence-corrected chi connectivity index (χ4v) is 3.03. The molecule has 0 spiro atoms. The Balaban J connectivity index is 0.00000364. The van der Waals surface area contributed by atoms with Gasteiger partial charge in [-0.2, -0.15) is 0 Å². The van der Waals surface area contributed by atoms with Gasteiger partial charge >= 0.3 is 0 Å².